The van der Waals surface area contributed by atoms with Crippen LogP contribution in [0.1, 0.15) is 38.1 Å². The molecule has 0 radical (unpaired) electrons. The fourth-order valence-corrected chi connectivity index (χ4v) is 4.17. The van der Waals surface area contributed by atoms with E-state index in [1.807, 2.05) is 24.3 Å². The molecule has 1 aromatic carbocycles. The number of nitrogens with zero attached hydrogens (tertiary/aromatic N) is 2. The van der Waals surface area contributed by atoms with E-state index in [2.05, 4.69) is 15.6 Å². The Balaban J connectivity index is 1.56. The van der Waals surface area contributed by atoms with Crippen molar-refractivity contribution in [1.29, 1.82) is 0 Å². The Bertz CT molecular complexity index is 1550. The standard InChI is InChI=1S/C28H26N4O6/c1-35-17-22-11-10-20(38-22)15-29-19-13-23-24(31-27(33)18-7-4-3-5-8-18)25(28(34)36-2)32(26(23)30-14-19)16-21-9-6-12-37-21/h3-14,29H,15-17H2,1-2H3,(H,31,33). The highest BCUT2D eigenvalue weighted by atomic mass is 16.5. The van der Waals surface area contributed by atoms with Crippen molar-refractivity contribution < 1.29 is 27.9 Å². The van der Waals surface area contributed by atoms with Crippen molar-refractivity contribution in [2.24, 2.45) is 0 Å². The average Bonchev–Trinajstić information content (AvgIpc) is 3.69. The molecular formula is C28H26N4O6. The van der Waals surface area contributed by atoms with Gasteiger partial charge in [-0.05, 0) is 42.5 Å². The van der Waals surface area contributed by atoms with E-state index in [-0.39, 0.29) is 18.1 Å². The number of fused-ring (bicyclic) bond motifs is 1. The summed E-state index contributed by atoms with van der Waals surface area (Å²) in [6.45, 7) is 1.00. The number of pyridine rings is 1. The summed E-state index contributed by atoms with van der Waals surface area (Å²) in [4.78, 5) is 30.8. The smallest absolute Gasteiger partial charge is 0.356 e. The highest BCUT2D eigenvalue weighted by Crippen LogP contribution is 2.34. The molecule has 0 spiro atoms. The van der Waals surface area contributed by atoms with Crippen molar-refractivity contribution in [1.82, 2.24) is 9.55 Å². The molecule has 0 aliphatic carbocycles. The molecule has 0 aliphatic heterocycles. The van der Waals surface area contributed by atoms with Gasteiger partial charge >= 0.3 is 5.97 Å². The minimum atomic E-state index is -0.617. The van der Waals surface area contributed by atoms with Crippen LogP contribution in [0.5, 0.6) is 0 Å². The largest absolute Gasteiger partial charge is 0.467 e. The predicted octanol–water partition coefficient (Wildman–Crippen LogP) is 5.07. The van der Waals surface area contributed by atoms with Gasteiger partial charge in [0.25, 0.3) is 5.91 Å². The van der Waals surface area contributed by atoms with Crippen LogP contribution in [0.15, 0.2) is 82.0 Å². The van der Waals surface area contributed by atoms with E-state index in [4.69, 9.17) is 18.3 Å². The number of nitrogens with one attached hydrogen (secondary N) is 2. The van der Waals surface area contributed by atoms with Gasteiger partial charge in [-0.2, -0.15) is 0 Å². The first-order valence-corrected chi connectivity index (χ1v) is 11.9. The molecule has 0 saturated heterocycles. The van der Waals surface area contributed by atoms with Gasteiger partial charge in [0.1, 0.15) is 29.5 Å². The molecular weight excluding hydrogens is 488 g/mol. The number of amides is 1. The number of benzene rings is 1. The second kappa shape index (κ2) is 11.1. The third-order valence-corrected chi connectivity index (χ3v) is 5.92. The maximum atomic E-state index is 13.1. The molecule has 1 amide bonds. The molecule has 38 heavy (non-hydrogen) atoms. The van der Waals surface area contributed by atoms with E-state index in [1.165, 1.54) is 7.11 Å². The molecule has 0 fully saturated rings. The van der Waals surface area contributed by atoms with E-state index < -0.39 is 5.97 Å². The van der Waals surface area contributed by atoms with Gasteiger partial charge in [-0.3, -0.25) is 4.79 Å². The Labute approximate surface area is 218 Å². The lowest BCUT2D eigenvalue weighted by molar-refractivity contribution is 0.0590. The second-order valence-electron chi connectivity index (χ2n) is 8.45. The minimum absolute atomic E-state index is 0.156. The Morgan fingerprint density at radius 2 is 1.82 bits per heavy atom. The topological polar surface area (TPSA) is 121 Å². The van der Waals surface area contributed by atoms with Crippen LogP contribution in [-0.4, -0.2) is 35.6 Å². The van der Waals surface area contributed by atoms with Gasteiger partial charge < -0.3 is 33.5 Å². The van der Waals surface area contributed by atoms with Gasteiger partial charge in [0, 0.05) is 18.1 Å². The Morgan fingerprint density at radius 3 is 2.55 bits per heavy atom. The molecule has 4 aromatic heterocycles. The summed E-state index contributed by atoms with van der Waals surface area (Å²) >= 11 is 0. The molecule has 0 bridgehead atoms. The van der Waals surface area contributed by atoms with Gasteiger partial charge in [0.15, 0.2) is 5.69 Å². The minimum Gasteiger partial charge on any atom is -0.467 e. The Kier molecular flexibility index (Phi) is 7.23. The Hall–Kier alpha value is -4.83. The Morgan fingerprint density at radius 1 is 1.00 bits per heavy atom. The SMILES string of the molecule is COCc1ccc(CNc2cnc3c(c2)c(NC(=O)c2ccccc2)c(C(=O)OC)n3Cc2ccco2)o1. The predicted molar refractivity (Wildman–Crippen MR) is 140 cm³/mol. The zero-order valence-corrected chi connectivity index (χ0v) is 20.9. The summed E-state index contributed by atoms with van der Waals surface area (Å²) < 4.78 is 23.2. The normalized spacial score (nSPS) is 11.0. The van der Waals surface area contributed by atoms with Gasteiger partial charge in [-0.15, -0.1) is 0 Å². The lowest BCUT2D eigenvalue weighted by Gasteiger charge is -2.10. The van der Waals surface area contributed by atoms with Crippen molar-refractivity contribution in [2.75, 3.05) is 24.9 Å². The van der Waals surface area contributed by atoms with Crippen LogP contribution in [0.4, 0.5) is 11.4 Å². The summed E-state index contributed by atoms with van der Waals surface area (Å²) in [6.07, 6.45) is 3.21. The van der Waals surface area contributed by atoms with Crippen molar-refractivity contribution >= 4 is 34.3 Å². The molecule has 0 atom stereocenters. The summed E-state index contributed by atoms with van der Waals surface area (Å²) in [5.41, 5.74) is 2.05. The molecule has 10 heteroatoms. The van der Waals surface area contributed by atoms with Gasteiger partial charge in [-0.25, -0.2) is 9.78 Å². The number of rotatable bonds is 10. The van der Waals surface area contributed by atoms with E-state index in [0.29, 0.717) is 46.9 Å². The van der Waals surface area contributed by atoms with Crippen LogP contribution in [0.2, 0.25) is 0 Å². The molecule has 0 unspecified atom stereocenters. The summed E-state index contributed by atoms with van der Waals surface area (Å²) in [5, 5.41) is 6.76. The molecule has 194 valence electrons. The van der Waals surface area contributed by atoms with E-state index in [1.54, 1.807) is 60.5 Å². The van der Waals surface area contributed by atoms with Crippen molar-refractivity contribution in [3.8, 4) is 0 Å². The highest BCUT2D eigenvalue weighted by Gasteiger charge is 2.27. The number of furan rings is 2. The molecule has 5 aromatic rings. The van der Waals surface area contributed by atoms with Crippen LogP contribution in [0.3, 0.4) is 0 Å². The highest BCUT2D eigenvalue weighted by molar-refractivity contribution is 6.14. The van der Waals surface area contributed by atoms with Crippen molar-refractivity contribution in [3.05, 3.63) is 102 Å². The number of carbonyl (C=O) groups excluding carboxylic acids is 2. The monoisotopic (exact) mass is 514 g/mol. The zero-order chi connectivity index (χ0) is 26.5. The third kappa shape index (κ3) is 5.16. The zero-order valence-electron chi connectivity index (χ0n) is 20.9. The van der Waals surface area contributed by atoms with Gasteiger partial charge in [0.2, 0.25) is 0 Å². The van der Waals surface area contributed by atoms with E-state index in [9.17, 15) is 9.59 Å². The first-order chi connectivity index (χ1) is 18.6. The van der Waals surface area contributed by atoms with E-state index in [0.717, 1.165) is 11.5 Å². The first-order valence-electron chi connectivity index (χ1n) is 11.9. The van der Waals surface area contributed by atoms with Crippen LogP contribution < -0.4 is 10.6 Å². The number of anilines is 2. The lowest BCUT2D eigenvalue weighted by atomic mass is 10.2. The maximum Gasteiger partial charge on any atom is 0.356 e. The number of hydrogen-bond donors (Lipinski definition) is 2. The molecule has 0 saturated carbocycles. The molecule has 4 heterocycles. The maximum absolute atomic E-state index is 13.1. The summed E-state index contributed by atoms with van der Waals surface area (Å²) in [7, 11) is 2.90. The molecule has 2 N–H and O–H groups in total. The molecule has 5 rings (SSSR count). The number of hydrogen-bond acceptors (Lipinski definition) is 8. The second-order valence-corrected chi connectivity index (χ2v) is 8.45. The molecule has 0 aliphatic rings. The van der Waals surface area contributed by atoms with Crippen molar-refractivity contribution in [2.45, 2.75) is 19.7 Å². The van der Waals surface area contributed by atoms with E-state index >= 15 is 0 Å². The average molecular weight is 515 g/mol. The first kappa shape index (κ1) is 24.8. The fraction of sp³-hybridized carbons (Fsp3) is 0.179. The van der Waals surface area contributed by atoms with Gasteiger partial charge in [-0.1, -0.05) is 18.2 Å². The van der Waals surface area contributed by atoms with Crippen LogP contribution in [-0.2, 0) is 29.2 Å². The number of esters is 1. The van der Waals surface area contributed by atoms with Crippen LogP contribution in [0.25, 0.3) is 11.0 Å². The molecule has 10 nitrogen and oxygen atoms in total. The lowest BCUT2D eigenvalue weighted by Crippen LogP contribution is -2.17. The number of ether oxygens (including phenoxy) is 2. The number of aromatic nitrogens is 2. The third-order valence-electron chi connectivity index (χ3n) is 5.92. The number of methoxy groups -OCH3 is 2. The number of carbonyl (C=O) groups is 2. The van der Waals surface area contributed by atoms with Crippen molar-refractivity contribution in [3.63, 3.8) is 0 Å². The van der Waals surface area contributed by atoms with Crippen LogP contribution >= 0.6 is 0 Å². The van der Waals surface area contributed by atoms with Gasteiger partial charge in [0.05, 0.1) is 44.0 Å². The summed E-state index contributed by atoms with van der Waals surface area (Å²) in [5.74, 6) is 1.07. The quantitative estimate of drug-likeness (QED) is 0.248. The van der Waals surface area contributed by atoms with Crippen LogP contribution in [0, 0.1) is 0 Å². The fourth-order valence-electron chi connectivity index (χ4n) is 4.17. The summed E-state index contributed by atoms with van der Waals surface area (Å²) in [6, 6.07) is 17.9.